The van der Waals surface area contributed by atoms with E-state index in [0.29, 0.717) is 11.5 Å². The molecule has 0 aromatic carbocycles. The standard InChI is InChI=1S/C21H38O2/c1-18(2)20(21(22)23)17-19-15-13-11-9-7-5-3-4-6-8-10-12-14-16-19/h17-19H,3-16H2,1-2H3,(H,22,23). The number of carboxylic acid groups (broad SMARTS) is 1. The van der Waals surface area contributed by atoms with Crippen LogP contribution in [0.25, 0.3) is 0 Å². The number of hydrogen-bond acceptors (Lipinski definition) is 1. The molecule has 0 unspecified atom stereocenters. The molecule has 1 fully saturated rings. The molecule has 134 valence electrons. The lowest BCUT2D eigenvalue weighted by molar-refractivity contribution is -0.133. The molecule has 1 N–H and O–H groups in total. The lowest BCUT2D eigenvalue weighted by Gasteiger charge is -2.16. The van der Waals surface area contributed by atoms with Gasteiger partial charge in [-0.1, -0.05) is 97.0 Å². The van der Waals surface area contributed by atoms with Crippen LogP contribution in [-0.2, 0) is 4.79 Å². The van der Waals surface area contributed by atoms with E-state index in [2.05, 4.69) is 6.08 Å². The van der Waals surface area contributed by atoms with Crippen LogP contribution in [0.4, 0.5) is 0 Å². The largest absolute Gasteiger partial charge is 0.478 e. The summed E-state index contributed by atoms with van der Waals surface area (Å²) >= 11 is 0. The van der Waals surface area contributed by atoms with Gasteiger partial charge in [-0.15, -0.1) is 0 Å². The second-order valence-corrected chi connectivity index (χ2v) is 7.66. The van der Waals surface area contributed by atoms with Gasteiger partial charge in [0.1, 0.15) is 0 Å². The van der Waals surface area contributed by atoms with Crippen LogP contribution in [0.1, 0.15) is 104 Å². The summed E-state index contributed by atoms with van der Waals surface area (Å²) in [6.45, 7) is 3.99. The molecule has 0 radical (unpaired) electrons. The zero-order valence-corrected chi connectivity index (χ0v) is 15.5. The first-order valence-electron chi connectivity index (χ1n) is 10.1. The summed E-state index contributed by atoms with van der Waals surface area (Å²) in [7, 11) is 0. The van der Waals surface area contributed by atoms with Crippen LogP contribution in [0.2, 0.25) is 0 Å². The summed E-state index contributed by atoms with van der Waals surface area (Å²) in [5.74, 6) is -0.145. The Morgan fingerprint density at radius 3 is 1.43 bits per heavy atom. The maximum Gasteiger partial charge on any atom is 0.331 e. The van der Waals surface area contributed by atoms with E-state index in [0.717, 1.165) is 0 Å². The fraction of sp³-hybridized carbons (Fsp3) is 0.857. The summed E-state index contributed by atoms with van der Waals surface area (Å²) in [4.78, 5) is 11.4. The Bertz CT molecular complexity index is 328. The number of carboxylic acids is 1. The molecule has 1 aliphatic carbocycles. The van der Waals surface area contributed by atoms with Crippen molar-refractivity contribution in [3.8, 4) is 0 Å². The minimum Gasteiger partial charge on any atom is -0.478 e. The van der Waals surface area contributed by atoms with Gasteiger partial charge < -0.3 is 5.11 Å². The van der Waals surface area contributed by atoms with Crippen molar-refractivity contribution in [3.63, 3.8) is 0 Å². The van der Waals surface area contributed by atoms with Gasteiger partial charge >= 0.3 is 5.97 Å². The molecule has 0 bridgehead atoms. The van der Waals surface area contributed by atoms with Crippen LogP contribution >= 0.6 is 0 Å². The maximum absolute atomic E-state index is 11.4. The van der Waals surface area contributed by atoms with E-state index in [1.165, 1.54) is 89.9 Å². The molecule has 2 heteroatoms. The quantitative estimate of drug-likeness (QED) is 0.584. The van der Waals surface area contributed by atoms with Crippen LogP contribution in [0.5, 0.6) is 0 Å². The van der Waals surface area contributed by atoms with Gasteiger partial charge in [0.15, 0.2) is 0 Å². The second-order valence-electron chi connectivity index (χ2n) is 7.66. The fourth-order valence-electron chi connectivity index (χ4n) is 3.66. The molecule has 1 saturated carbocycles. The Hall–Kier alpha value is -0.790. The third-order valence-corrected chi connectivity index (χ3v) is 5.18. The summed E-state index contributed by atoms with van der Waals surface area (Å²) in [6.07, 6.45) is 20.7. The van der Waals surface area contributed by atoms with Crippen molar-refractivity contribution in [2.45, 2.75) is 104 Å². The average molecular weight is 323 g/mol. The van der Waals surface area contributed by atoms with Crippen molar-refractivity contribution in [1.82, 2.24) is 0 Å². The molecule has 1 rings (SSSR count). The molecule has 23 heavy (non-hydrogen) atoms. The molecule has 0 amide bonds. The Balaban J connectivity index is 2.58. The van der Waals surface area contributed by atoms with Crippen molar-refractivity contribution in [2.24, 2.45) is 11.8 Å². The summed E-state index contributed by atoms with van der Waals surface area (Å²) < 4.78 is 0. The normalized spacial score (nSPS) is 21.6. The van der Waals surface area contributed by atoms with E-state index in [1.54, 1.807) is 0 Å². The predicted octanol–water partition coefficient (Wildman–Crippen LogP) is 6.74. The molecule has 0 atom stereocenters. The Kier molecular flexibility index (Phi) is 11.1. The highest BCUT2D eigenvalue weighted by Crippen LogP contribution is 2.24. The molecule has 0 aromatic rings. The van der Waals surface area contributed by atoms with E-state index in [-0.39, 0.29) is 5.92 Å². The number of hydrogen-bond donors (Lipinski definition) is 1. The van der Waals surface area contributed by atoms with Gasteiger partial charge in [-0.05, 0) is 24.7 Å². The number of aliphatic carboxylic acids is 1. The molecule has 1 aliphatic rings. The van der Waals surface area contributed by atoms with Crippen molar-refractivity contribution in [1.29, 1.82) is 0 Å². The average Bonchev–Trinajstić information content (AvgIpc) is 2.51. The maximum atomic E-state index is 11.4. The highest BCUT2D eigenvalue weighted by Gasteiger charge is 2.15. The van der Waals surface area contributed by atoms with Crippen molar-refractivity contribution in [3.05, 3.63) is 11.6 Å². The van der Waals surface area contributed by atoms with Gasteiger partial charge in [-0.3, -0.25) is 0 Å². The SMILES string of the molecule is CC(C)C(=CC1CCCCCCCCCCCCCC1)C(=O)O. The van der Waals surface area contributed by atoms with E-state index in [4.69, 9.17) is 0 Å². The molecule has 0 aliphatic heterocycles. The van der Waals surface area contributed by atoms with Crippen LogP contribution in [-0.4, -0.2) is 11.1 Å². The number of rotatable bonds is 3. The first-order chi connectivity index (χ1) is 11.1. The summed E-state index contributed by atoms with van der Waals surface area (Å²) in [6, 6.07) is 0. The molecule has 0 heterocycles. The summed E-state index contributed by atoms with van der Waals surface area (Å²) in [5, 5.41) is 9.41. The molecular weight excluding hydrogens is 284 g/mol. The molecule has 0 saturated heterocycles. The van der Waals surface area contributed by atoms with Gasteiger partial charge in [-0.2, -0.15) is 0 Å². The fourth-order valence-corrected chi connectivity index (χ4v) is 3.66. The minimum absolute atomic E-state index is 0.115. The first-order valence-corrected chi connectivity index (χ1v) is 10.1. The van der Waals surface area contributed by atoms with Crippen molar-refractivity contribution >= 4 is 5.97 Å². The highest BCUT2D eigenvalue weighted by molar-refractivity contribution is 5.87. The first kappa shape index (κ1) is 20.3. The number of carbonyl (C=O) groups is 1. The van der Waals surface area contributed by atoms with Crippen molar-refractivity contribution in [2.75, 3.05) is 0 Å². The van der Waals surface area contributed by atoms with Gasteiger partial charge in [0.25, 0.3) is 0 Å². The van der Waals surface area contributed by atoms with Crippen LogP contribution < -0.4 is 0 Å². The van der Waals surface area contributed by atoms with E-state index >= 15 is 0 Å². The second kappa shape index (κ2) is 12.6. The van der Waals surface area contributed by atoms with E-state index in [1.807, 2.05) is 13.8 Å². The highest BCUT2D eigenvalue weighted by atomic mass is 16.4. The molecular formula is C21H38O2. The smallest absolute Gasteiger partial charge is 0.331 e. The van der Waals surface area contributed by atoms with Crippen LogP contribution in [0.15, 0.2) is 11.6 Å². The topological polar surface area (TPSA) is 37.3 Å². The zero-order chi connectivity index (χ0) is 16.9. The molecule has 0 aromatic heterocycles. The Morgan fingerprint density at radius 2 is 1.13 bits per heavy atom. The van der Waals surface area contributed by atoms with Crippen LogP contribution in [0, 0.1) is 11.8 Å². The van der Waals surface area contributed by atoms with E-state index < -0.39 is 5.97 Å². The van der Waals surface area contributed by atoms with Gasteiger partial charge in [0.2, 0.25) is 0 Å². The monoisotopic (exact) mass is 322 g/mol. The lowest BCUT2D eigenvalue weighted by atomic mass is 9.90. The lowest BCUT2D eigenvalue weighted by Crippen LogP contribution is -2.10. The number of allylic oxidation sites excluding steroid dienone is 1. The van der Waals surface area contributed by atoms with Gasteiger partial charge in [0.05, 0.1) is 0 Å². The van der Waals surface area contributed by atoms with Gasteiger partial charge in [0, 0.05) is 5.57 Å². The predicted molar refractivity (Wildman–Crippen MR) is 98.7 cm³/mol. The molecule has 2 nitrogen and oxygen atoms in total. The third kappa shape index (κ3) is 9.84. The summed E-state index contributed by atoms with van der Waals surface area (Å²) in [5.41, 5.74) is 0.618. The minimum atomic E-state index is -0.726. The third-order valence-electron chi connectivity index (χ3n) is 5.18. The van der Waals surface area contributed by atoms with Gasteiger partial charge in [-0.25, -0.2) is 4.79 Å². The Labute approximate surface area is 143 Å². The van der Waals surface area contributed by atoms with Crippen molar-refractivity contribution < 1.29 is 9.90 Å². The zero-order valence-electron chi connectivity index (χ0n) is 15.5. The molecule has 0 spiro atoms. The van der Waals surface area contributed by atoms with Crippen LogP contribution in [0.3, 0.4) is 0 Å². The van der Waals surface area contributed by atoms with E-state index in [9.17, 15) is 9.90 Å². The Morgan fingerprint density at radius 1 is 0.783 bits per heavy atom.